The Morgan fingerprint density at radius 2 is 0.690 bits per heavy atom. The highest BCUT2D eigenvalue weighted by atomic mass is 16.3. The number of benzene rings is 9. The molecule has 0 aliphatic carbocycles. The molecule has 3 nitrogen and oxygen atoms in total. The van der Waals surface area contributed by atoms with Crippen LogP contribution in [0.25, 0.3) is 76.9 Å². The first-order valence-electron chi connectivity index (χ1n) is 19.9. The minimum absolute atomic E-state index is 0.578. The van der Waals surface area contributed by atoms with Crippen LogP contribution in [0.3, 0.4) is 0 Å². The van der Waals surface area contributed by atoms with Crippen LogP contribution >= 0.6 is 0 Å². The first-order chi connectivity index (χ1) is 28.8. The normalized spacial score (nSPS) is 12.1. The number of furan rings is 1. The summed E-state index contributed by atoms with van der Waals surface area (Å²) in [4.78, 5) is 0. The molecule has 0 aliphatic rings. The van der Waals surface area contributed by atoms with Gasteiger partial charge in [-0.25, -0.2) is 0 Å². The van der Waals surface area contributed by atoms with Crippen LogP contribution in [-0.2, 0) is 5.41 Å². The molecule has 12 rings (SSSR count). The van der Waals surface area contributed by atoms with Crippen LogP contribution in [-0.4, -0.2) is 9.13 Å². The lowest BCUT2D eigenvalue weighted by atomic mass is 9.65. The topological polar surface area (TPSA) is 23.0 Å². The predicted molar refractivity (Wildman–Crippen MR) is 241 cm³/mol. The van der Waals surface area contributed by atoms with Gasteiger partial charge in [-0.2, -0.15) is 0 Å². The molecule has 0 saturated carbocycles. The third-order valence-electron chi connectivity index (χ3n) is 12.3. The molecule has 3 heteroatoms. The molecule has 9 aromatic carbocycles. The molecule has 3 aromatic heterocycles. The fraction of sp³-hybridized carbons (Fsp3) is 0.0182. The van der Waals surface area contributed by atoms with E-state index in [1.165, 1.54) is 54.8 Å². The van der Waals surface area contributed by atoms with Gasteiger partial charge >= 0.3 is 0 Å². The average molecular weight is 741 g/mol. The van der Waals surface area contributed by atoms with Crippen molar-refractivity contribution < 1.29 is 4.42 Å². The number of hydrogen-bond acceptors (Lipinski definition) is 1. The molecule has 0 fully saturated rings. The van der Waals surface area contributed by atoms with Gasteiger partial charge in [0.05, 0.1) is 27.5 Å². The van der Waals surface area contributed by atoms with Crippen LogP contribution in [0.1, 0.15) is 22.3 Å². The maximum atomic E-state index is 6.29. The summed E-state index contributed by atoms with van der Waals surface area (Å²) >= 11 is 0. The molecule has 0 bridgehead atoms. The van der Waals surface area contributed by atoms with E-state index in [0.29, 0.717) is 0 Å². The molecule has 272 valence electrons. The van der Waals surface area contributed by atoms with E-state index < -0.39 is 5.41 Å². The van der Waals surface area contributed by atoms with E-state index in [0.717, 1.165) is 44.3 Å². The molecule has 3 heterocycles. The van der Waals surface area contributed by atoms with Crippen LogP contribution in [0.5, 0.6) is 0 Å². The molecule has 0 radical (unpaired) electrons. The quantitative estimate of drug-likeness (QED) is 0.156. The van der Waals surface area contributed by atoms with Crippen LogP contribution < -0.4 is 0 Å². The monoisotopic (exact) mass is 740 g/mol. The van der Waals surface area contributed by atoms with Gasteiger partial charge in [0.25, 0.3) is 0 Å². The zero-order chi connectivity index (χ0) is 38.2. The molecular formula is C55H36N2O. The molecule has 0 amide bonds. The second-order valence-corrected chi connectivity index (χ2v) is 15.3. The van der Waals surface area contributed by atoms with Crippen molar-refractivity contribution in [2.75, 3.05) is 0 Å². The van der Waals surface area contributed by atoms with Gasteiger partial charge in [0, 0.05) is 43.7 Å². The standard InChI is InChI=1S/C55H36N2O/c1-4-16-37(17-5-1)55(38-18-6-2-7-19-38,39-20-8-3-9-21-39)40-28-31-51-46(34-40)47-35-41(56-49-25-13-10-22-43(49)44-23-11-14-26-50(44)56)29-32-52(47)57(51)42-30-33-54-48(36-42)45-24-12-15-27-53(45)58-54/h1-36H. The first-order valence-corrected chi connectivity index (χ1v) is 19.9. The van der Waals surface area contributed by atoms with Crippen LogP contribution in [0.15, 0.2) is 223 Å². The third-order valence-corrected chi connectivity index (χ3v) is 12.3. The molecule has 0 spiro atoms. The predicted octanol–water partition coefficient (Wildman–Crippen LogP) is 14.2. The first kappa shape index (κ1) is 32.6. The number of aromatic nitrogens is 2. The molecular weight excluding hydrogens is 705 g/mol. The Kier molecular flexibility index (Phi) is 7.14. The number of fused-ring (bicyclic) bond motifs is 9. The van der Waals surface area contributed by atoms with Gasteiger partial charge in [-0.15, -0.1) is 0 Å². The molecule has 0 atom stereocenters. The van der Waals surface area contributed by atoms with E-state index in [1.54, 1.807) is 0 Å². The summed E-state index contributed by atoms with van der Waals surface area (Å²) in [5, 5.41) is 7.12. The SMILES string of the molecule is c1ccc(C(c2ccccc2)(c2ccccc2)c2ccc3c(c2)c2cc(-n4c5ccccc5c5ccccc54)ccc2n3-c2ccc3oc4ccccc4c3c2)cc1. The van der Waals surface area contributed by atoms with E-state index in [2.05, 4.69) is 215 Å². The zero-order valence-electron chi connectivity index (χ0n) is 31.6. The van der Waals surface area contributed by atoms with E-state index in [4.69, 9.17) is 4.42 Å². The number of para-hydroxylation sites is 3. The molecule has 58 heavy (non-hydrogen) atoms. The lowest BCUT2D eigenvalue weighted by Gasteiger charge is -2.37. The van der Waals surface area contributed by atoms with Crippen molar-refractivity contribution in [1.29, 1.82) is 0 Å². The van der Waals surface area contributed by atoms with Crippen molar-refractivity contribution in [3.63, 3.8) is 0 Å². The van der Waals surface area contributed by atoms with Crippen molar-refractivity contribution in [2.24, 2.45) is 0 Å². The summed E-state index contributed by atoms with van der Waals surface area (Å²) in [6, 6.07) is 79.5. The van der Waals surface area contributed by atoms with E-state index in [-0.39, 0.29) is 0 Å². The molecule has 0 aliphatic heterocycles. The summed E-state index contributed by atoms with van der Waals surface area (Å²) in [7, 11) is 0. The smallest absolute Gasteiger partial charge is 0.135 e. The summed E-state index contributed by atoms with van der Waals surface area (Å²) in [5.41, 5.74) is 13.0. The van der Waals surface area contributed by atoms with Crippen molar-refractivity contribution in [3.8, 4) is 11.4 Å². The Morgan fingerprint density at radius 1 is 0.276 bits per heavy atom. The number of rotatable bonds is 6. The lowest BCUT2D eigenvalue weighted by Crippen LogP contribution is -2.30. The number of hydrogen-bond donors (Lipinski definition) is 0. The van der Waals surface area contributed by atoms with Crippen molar-refractivity contribution in [1.82, 2.24) is 9.13 Å². The minimum Gasteiger partial charge on any atom is -0.456 e. The Labute approximate surface area is 335 Å². The van der Waals surface area contributed by atoms with E-state index in [1.807, 2.05) is 12.1 Å². The van der Waals surface area contributed by atoms with Gasteiger partial charge in [0.15, 0.2) is 0 Å². The van der Waals surface area contributed by atoms with Crippen LogP contribution in [0.4, 0.5) is 0 Å². The van der Waals surface area contributed by atoms with E-state index in [9.17, 15) is 0 Å². The van der Waals surface area contributed by atoms with Gasteiger partial charge < -0.3 is 13.6 Å². The summed E-state index contributed by atoms with van der Waals surface area (Å²) < 4.78 is 11.1. The third kappa shape index (κ3) is 4.68. The molecule has 12 aromatic rings. The summed E-state index contributed by atoms with van der Waals surface area (Å²) in [6.07, 6.45) is 0. The Bertz CT molecular complexity index is 3350. The molecule has 0 N–H and O–H groups in total. The van der Waals surface area contributed by atoms with Gasteiger partial charge in [0.1, 0.15) is 11.2 Å². The Balaban J connectivity index is 1.20. The lowest BCUT2D eigenvalue weighted by molar-refractivity contribution is 0.669. The maximum Gasteiger partial charge on any atom is 0.135 e. The summed E-state index contributed by atoms with van der Waals surface area (Å²) in [6.45, 7) is 0. The minimum atomic E-state index is -0.578. The van der Waals surface area contributed by atoms with Crippen molar-refractivity contribution in [3.05, 3.63) is 241 Å². The van der Waals surface area contributed by atoms with Crippen molar-refractivity contribution >= 4 is 65.6 Å². The Morgan fingerprint density at radius 3 is 1.28 bits per heavy atom. The van der Waals surface area contributed by atoms with Gasteiger partial charge in [-0.1, -0.05) is 152 Å². The Hall–Kier alpha value is -7.62. The highest BCUT2D eigenvalue weighted by Gasteiger charge is 2.38. The van der Waals surface area contributed by atoms with Gasteiger partial charge in [0.2, 0.25) is 0 Å². The van der Waals surface area contributed by atoms with Crippen molar-refractivity contribution in [2.45, 2.75) is 5.41 Å². The molecule has 0 unspecified atom stereocenters. The van der Waals surface area contributed by atoms with Gasteiger partial charge in [-0.05, 0) is 89.0 Å². The van der Waals surface area contributed by atoms with Crippen LogP contribution in [0.2, 0.25) is 0 Å². The average Bonchev–Trinajstić information content (AvgIpc) is 3.95. The highest BCUT2D eigenvalue weighted by Crippen LogP contribution is 2.47. The number of nitrogens with zero attached hydrogens (tertiary/aromatic N) is 2. The zero-order valence-corrected chi connectivity index (χ0v) is 31.6. The second-order valence-electron chi connectivity index (χ2n) is 15.3. The largest absolute Gasteiger partial charge is 0.456 e. The second kappa shape index (κ2) is 12.7. The summed E-state index contributed by atoms with van der Waals surface area (Å²) in [5.74, 6) is 0. The molecule has 0 saturated heterocycles. The fourth-order valence-corrected chi connectivity index (χ4v) is 9.78. The highest BCUT2D eigenvalue weighted by molar-refractivity contribution is 6.13. The van der Waals surface area contributed by atoms with Crippen LogP contribution in [0, 0.1) is 0 Å². The van der Waals surface area contributed by atoms with Gasteiger partial charge in [-0.3, -0.25) is 0 Å². The maximum absolute atomic E-state index is 6.29. The fourth-order valence-electron chi connectivity index (χ4n) is 9.78. The van der Waals surface area contributed by atoms with E-state index >= 15 is 0 Å².